The number of thioether (sulfide) groups is 1. The molecule has 0 aliphatic carbocycles. The first-order valence-corrected chi connectivity index (χ1v) is 8.79. The lowest BCUT2D eigenvalue weighted by Gasteiger charge is -2.22. The fourth-order valence-corrected chi connectivity index (χ4v) is 3.64. The SMILES string of the molecule is Cc1cc(Br)ccc1SCC(=O)NCC1CCCNC1.Cl. The maximum atomic E-state index is 11.9. The molecule has 1 aromatic rings. The van der Waals surface area contributed by atoms with Crippen LogP contribution in [0.15, 0.2) is 27.6 Å². The molecule has 1 aromatic carbocycles. The molecule has 1 fully saturated rings. The van der Waals surface area contributed by atoms with Crippen molar-refractivity contribution < 1.29 is 4.79 Å². The monoisotopic (exact) mass is 392 g/mol. The Hall–Kier alpha value is -0.230. The first-order chi connectivity index (χ1) is 9.65. The van der Waals surface area contributed by atoms with Crippen molar-refractivity contribution in [2.75, 3.05) is 25.4 Å². The zero-order valence-corrected chi connectivity index (χ0v) is 15.4. The highest BCUT2D eigenvalue weighted by atomic mass is 79.9. The van der Waals surface area contributed by atoms with Crippen LogP contribution < -0.4 is 10.6 Å². The highest BCUT2D eigenvalue weighted by Gasteiger charge is 2.14. The lowest BCUT2D eigenvalue weighted by molar-refractivity contribution is -0.118. The molecule has 1 amide bonds. The maximum absolute atomic E-state index is 11.9. The predicted octanol–water partition coefficient (Wildman–Crippen LogP) is 3.39. The quantitative estimate of drug-likeness (QED) is 0.753. The Morgan fingerprint density at radius 1 is 1.52 bits per heavy atom. The highest BCUT2D eigenvalue weighted by Crippen LogP contribution is 2.25. The third kappa shape index (κ3) is 6.59. The Morgan fingerprint density at radius 3 is 3.00 bits per heavy atom. The zero-order chi connectivity index (χ0) is 14.4. The molecule has 2 N–H and O–H groups in total. The van der Waals surface area contributed by atoms with Gasteiger partial charge in [0, 0.05) is 15.9 Å². The van der Waals surface area contributed by atoms with E-state index in [1.54, 1.807) is 11.8 Å². The van der Waals surface area contributed by atoms with Crippen molar-refractivity contribution in [3.8, 4) is 0 Å². The zero-order valence-electron chi connectivity index (χ0n) is 12.2. The van der Waals surface area contributed by atoms with Gasteiger partial charge < -0.3 is 10.6 Å². The van der Waals surface area contributed by atoms with Gasteiger partial charge in [0.25, 0.3) is 0 Å². The second kappa shape index (κ2) is 9.72. The molecule has 0 saturated carbocycles. The van der Waals surface area contributed by atoms with E-state index in [0.29, 0.717) is 11.7 Å². The average molecular weight is 394 g/mol. The second-order valence-corrected chi connectivity index (χ2v) is 7.15. The lowest BCUT2D eigenvalue weighted by atomic mass is 10.00. The molecule has 1 unspecified atom stereocenters. The van der Waals surface area contributed by atoms with E-state index in [4.69, 9.17) is 0 Å². The molecule has 2 rings (SSSR count). The molecular weight excluding hydrogens is 372 g/mol. The molecule has 1 aliphatic heterocycles. The lowest BCUT2D eigenvalue weighted by Crippen LogP contribution is -2.38. The number of amides is 1. The minimum absolute atomic E-state index is 0. The number of carbonyl (C=O) groups excluding carboxylic acids is 1. The van der Waals surface area contributed by atoms with Crippen molar-refractivity contribution in [3.05, 3.63) is 28.2 Å². The van der Waals surface area contributed by atoms with Crippen LogP contribution in [0.2, 0.25) is 0 Å². The summed E-state index contributed by atoms with van der Waals surface area (Å²) in [6.45, 7) is 5.01. The van der Waals surface area contributed by atoms with Crippen molar-refractivity contribution in [2.45, 2.75) is 24.7 Å². The van der Waals surface area contributed by atoms with Crippen molar-refractivity contribution in [1.82, 2.24) is 10.6 Å². The van der Waals surface area contributed by atoms with Gasteiger partial charge in [-0.05, 0) is 62.5 Å². The number of rotatable bonds is 5. The normalized spacial score (nSPS) is 17.9. The van der Waals surface area contributed by atoms with Gasteiger partial charge in [-0.15, -0.1) is 24.2 Å². The second-order valence-electron chi connectivity index (χ2n) is 5.21. The molecule has 0 spiro atoms. The number of benzene rings is 1. The van der Waals surface area contributed by atoms with Crippen LogP contribution in [0.1, 0.15) is 18.4 Å². The summed E-state index contributed by atoms with van der Waals surface area (Å²) in [7, 11) is 0. The Morgan fingerprint density at radius 2 is 2.33 bits per heavy atom. The van der Waals surface area contributed by atoms with E-state index in [1.165, 1.54) is 23.3 Å². The van der Waals surface area contributed by atoms with E-state index in [1.807, 2.05) is 6.07 Å². The Kier molecular flexibility index (Phi) is 8.71. The molecule has 0 aromatic heterocycles. The summed E-state index contributed by atoms with van der Waals surface area (Å²) in [6, 6.07) is 6.15. The van der Waals surface area contributed by atoms with Gasteiger partial charge in [-0.3, -0.25) is 4.79 Å². The average Bonchev–Trinajstić information content (AvgIpc) is 2.45. The fraction of sp³-hybridized carbons (Fsp3) is 0.533. The molecule has 1 aliphatic rings. The Balaban J connectivity index is 0.00000220. The van der Waals surface area contributed by atoms with E-state index in [2.05, 4.69) is 45.6 Å². The standard InChI is InChI=1S/C15H21BrN2OS.ClH/c1-11-7-13(16)4-5-14(11)20-10-15(19)18-9-12-3-2-6-17-8-12;/h4-5,7,12,17H,2-3,6,8-10H2,1H3,(H,18,19);1H. The molecule has 1 saturated heterocycles. The smallest absolute Gasteiger partial charge is 0.230 e. The minimum atomic E-state index is 0. The van der Waals surface area contributed by atoms with Crippen LogP contribution in [0.5, 0.6) is 0 Å². The minimum Gasteiger partial charge on any atom is -0.355 e. The van der Waals surface area contributed by atoms with Crippen molar-refractivity contribution in [1.29, 1.82) is 0 Å². The molecule has 6 heteroatoms. The van der Waals surface area contributed by atoms with Gasteiger partial charge in [-0.25, -0.2) is 0 Å². The van der Waals surface area contributed by atoms with Crippen LogP contribution in [0.25, 0.3) is 0 Å². The Bertz CT molecular complexity index is 467. The summed E-state index contributed by atoms with van der Waals surface area (Å²) in [5.74, 6) is 1.21. The number of piperidine rings is 1. The van der Waals surface area contributed by atoms with Crippen LogP contribution in [0.4, 0.5) is 0 Å². The van der Waals surface area contributed by atoms with Gasteiger partial charge >= 0.3 is 0 Å². The number of aryl methyl sites for hydroxylation is 1. The highest BCUT2D eigenvalue weighted by molar-refractivity contribution is 9.10. The van der Waals surface area contributed by atoms with Gasteiger partial charge in [-0.2, -0.15) is 0 Å². The first kappa shape index (κ1) is 18.8. The summed E-state index contributed by atoms with van der Waals surface area (Å²) in [5, 5.41) is 6.41. The van der Waals surface area contributed by atoms with Crippen LogP contribution >= 0.6 is 40.1 Å². The van der Waals surface area contributed by atoms with Gasteiger partial charge in [0.05, 0.1) is 5.75 Å². The molecule has 0 radical (unpaired) electrons. The third-order valence-electron chi connectivity index (χ3n) is 3.48. The molecular formula is C15H22BrClN2OS. The third-order valence-corrected chi connectivity index (χ3v) is 5.15. The van der Waals surface area contributed by atoms with Crippen LogP contribution in [0, 0.1) is 12.8 Å². The summed E-state index contributed by atoms with van der Waals surface area (Å²) < 4.78 is 1.08. The van der Waals surface area contributed by atoms with Gasteiger partial charge in [-0.1, -0.05) is 15.9 Å². The Labute approximate surface area is 145 Å². The molecule has 1 heterocycles. The van der Waals surface area contributed by atoms with Crippen molar-refractivity contribution in [2.24, 2.45) is 5.92 Å². The molecule has 3 nitrogen and oxygen atoms in total. The van der Waals surface area contributed by atoms with E-state index < -0.39 is 0 Å². The van der Waals surface area contributed by atoms with Gasteiger partial charge in [0.2, 0.25) is 5.91 Å². The largest absolute Gasteiger partial charge is 0.355 e. The van der Waals surface area contributed by atoms with Crippen molar-refractivity contribution >= 4 is 46.0 Å². The topological polar surface area (TPSA) is 41.1 Å². The number of hydrogen-bond donors (Lipinski definition) is 2. The van der Waals surface area contributed by atoms with Crippen molar-refractivity contribution in [3.63, 3.8) is 0 Å². The summed E-state index contributed by atoms with van der Waals surface area (Å²) in [5.41, 5.74) is 1.20. The van der Waals surface area contributed by atoms with E-state index in [-0.39, 0.29) is 18.3 Å². The molecule has 0 bridgehead atoms. The predicted molar refractivity (Wildman–Crippen MR) is 95.5 cm³/mol. The van der Waals surface area contributed by atoms with Crippen LogP contribution in [0.3, 0.4) is 0 Å². The first-order valence-electron chi connectivity index (χ1n) is 7.01. The summed E-state index contributed by atoms with van der Waals surface area (Å²) in [6.07, 6.45) is 2.43. The number of carbonyl (C=O) groups is 1. The maximum Gasteiger partial charge on any atom is 0.230 e. The summed E-state index contributed by atoms with van der Waals surface area (Å²) >= 11 is 5.05. The van der Waals surface area contributed by atoms with Crippen LogP contribution in [-0.2, 0) is 4.79 Å². The molecule has 118 valence electrons. The summed E-state index contributed by atoms with van der Waals surface area (Å²) in [4.78, 5) is 13.0. The van der Waals surface area contributed by atoms with E-state index in [9.17, 15) is 4.79 Å². The van der Waals surface area contributed by atoms with Crippen LogP contribution in [-0.4, -0.2) is 31.3 Å². The number of hydrogen-bond acceptors (Lipinski definition) is 3. The van der Waals surface area contributed by atoms with Gasteiger partial charge in [0.1, 0.15) is 0 Å². The van der Waals surface area contributed by atoms with E-state index in [0.717, 1.165) is 24.1 Å². The molecule has 21 heavy (non-hydrogen) atoms. The number of nitrogens with one attached hydrogen (secondary N) is 2. The van der Waals surface area contributed by atoms with Gasteiger partial charge in [0.15, 0.2) is 0 Å². The number of halogens is 2. The fourth-order valence-electron chi connectivity index (χ4n) is 2.33. The van der Waals surface area contributed by atoms with E-state index >= 15 is 0 Å². The molecule has 1 atom stereocenters.